The Balaban J connectivity index is 1.81. The third kappa shape index (κ3) is 3.78. The smallest absolute Gasteiger partial charge is 0.222 e. The Morgan fingerprint density at radius 3 is 3.00 bits per heavy atom. The zero-order chi connectivity index (χ0) is 14.4. The predicted molar refractivity (Wildman–Crippen MR) is 80.4 cm³/mol. The van der Waals surface area contributed by atoms with Crippen LogP contribution in [0.1, 0.15) is 24.3 Å². The highest BCUT2D eigenvalue weighted by atomic mass is 32.1. The van der Waals surface area contributed by atoms with E-state index in [1.807, 2.05) is 24.3 Å². The number of amides is 1. The van der Waals surface area contributed by atoms with Gasteiger partial charge in [0.2, 0.25) is 5.91 Å². The highest BCUT2D eigenvalue weighted by molar-refractivity contribution is 7.18. The number of nitrogens with zero attached hydrogens (tertiary/aromatic N) is 3. The summed E-state index contributed by atoms with van der Waals surface area (Å²) in [5, 5.41) is 9.58. The summed E-state index contributed by atoms with van der Waals surface area (Å²) in [6.45, 7) is 0.510. The van der Waals surface area contributed by atoms with Crippen LogP contribution in [0.5, 0.6) is 0 Å². The van der Waals surface area contributed by atoms with E-state index in [1.165, 1.54) is 4.70 Å². The van der Waals surface area contributed by atoms with Crippen LogP contribution < -0.4 is 0 Å². The van der Waals surface area contributed by atoms with E-state index in [9.17, 15) is 4.79 Å². The molecule has 0 saturated heterocycles. The van der Waals surface area contributed by atoms with Crippen LogP contribution in [0.15, 0.2) is 24.3 Å². The monoisotopic (exact) mass is 287 g/mol. The minimum Gasteiger partial charge on any atom is -0.345 e. The molecule has 104 valence electrons. The number of hydrogen-bond donors (Lipinski definition) is 0. The lowest BCUT2D eigenvalue weighted by Gasteiger charge is -2.14. The normalized spacial score (nSPS) is 10.4. The molecule has 1 amide bonds. The number of aryl methyl sites for hydroxylation is 1. The van der Waals surface area contributed by atoms with Gasteiger partial charge in [-0.15, -0.1) is 11.3 Å². The first-order valence-corrected chi connectivity index (χ1v) is 7.47. The lowest BCUT2D eigenvalue weighted by Crippen LogP contribution is -2.27. The van der Waals surface area contributed by atoms with E-state index < -0.39 is 0 Å². The molecule has 0 fully saturated rings. The summed E-state index contributed by atoms with van der Waals surface area (Å²) in [6, 6.07) is 10.1. The van der Waals surface area contributed by atoms with E-state index in [2.05, 4.69) is 11.1 Å². The Morgan fingerprint density at radius 2 is 2.25 bits per heavy atom. The lowest BCUT2D eigenvalue weighted by molar-refractivity contribution is -0.129. The highest BCUT2D eigenvalue weighted by Gasteiger charge is 2.09. The summed E-state index contributed by atoms with van der Waals surface area (Å²) in [5.41, 5.74) is 1.03. The van der Waals surface area contributed by atoms with Crippen molar-refractivity contribution in [2.45, 2.75) is 25.7 Å². The van der Waals surface area contributed by atoms with E-state index in [4.69, 9.17) is 5.26 Å². The van der Waals surface area contributed by atoms with Crippen molar-refractivity contribution in [3.8, 4) is 6.07 Å². The van der Waals surface area contributed by atoms with Gasteiger partial charge in [0.1, 0.15) is 0 Å². The summed E-state index contributed by atoms with van der Waals surface area (Å²) in [7, 11) is 1.75. The lowest BCUT2D eigenvalue weighted by atomic mass is 10.2. The molecule has 2 aromatic rings. The molecule has 0 unspecified atom stereocenters. The quantitative estimate of drug-likeness (QED) is 0.820. The molecule has 0 aliphatic rings. The maximum Gasteiger partial charge on any atom is 0.222 e. The molecule has 1 aromatic carbocycles. The topological polar surface area (TPSA) is 57.0 Å². The van der Waals surface area contributed by atoms with E-state index in [0.29, 0.717) is 19.4 Å². The van der Waals surface area contributed by atoms with Crippen LogP contribution in [-0.4, -0.2) is 29.4 Å². The molecule has 2 rings (SSSR count). The van der Waals surface area contributed by atoms with Crippen molar-refractivity contribution in [2.24, 2.45) is 0 Å². The molecule has 5 heteroatoms. The average molecular weight is 287 g/mol. The van der Waals surface area contributed by atoms with Gasteiger partial charge in [-0.05, 0) is 25.0 Å². The molecule has 0 N–H and O–H groups in total. The molecule has 4 nitrogen and oxygen atoms in total. The van der Waals surface area contributed by atoms with Gasteiger partial charge in [0.05, 0.1) is 27.7 Å². The zero-order valence-corrected chi connectivity index (χ0v) is 12.3. The molecule has 0 aliphatic carbocycles. The second-order valence-corrected chi connectivity index (χ2v) is 5.77. The SMILES string of the molecule is CN(CCC#N)C(=O)CCCc1nc2ccccc2s1. The fourth-order valence-electron chi connectivity index (χ4n) is 1.95. The number of nitriles is 1. The molecule has 0 saturated carbocycles. The molecule has 0 radical (unpaired) electrons. The van der Waals surface area contributed by atoms with Crippen LogP contribution in [-0.2, 0) is 11.2 Å². The van der Waals surface area contributed by atoms with Gasteiger partial charge in [-0.2, -0.15) is 5.26 Å². The van der Waals surface area contributed by atoms with Gasteiger partial charge in [-0.3, -0.25) is 4.79 Å². The first-order valence-electron chi connectivity index (χ1n) is 6.66. The molecule has 0 spiro atoms. The summed E-state index contributed by atoms with van der Waals surface area (Å²) in [6.07, 6.45) is 2.53. The summed E-state index contributed by atoms with van der Waals surface area (Å²) in [4.78, 5) is 18.0. The van der Waals surface area contributed by atoms with Gasteiger partial charge in [0, 0.05) is 20.0 Å². The third-order valence-electron chi connectivity index (χ3n) is 3.10. The number of hydrogen-bond acceptors (Lipinski definition) is 4. The van der Waals surface area contributed by atoms with Crippen LogP contribution in [0.2, 0.25) is 0 Å². The van der Waals surface area contributed by atoms with Crippen LogP contribution in [0.4, 0.5) is 0 Å². The van der Waals surface area contributed by atoms with E-state index in [-0.39, 0.29) is 5.91 Å². The maximum atomic E-state index is 11.8. The van der Waals surface area contributed by atoms with Gasteiger partial charge in [0.15, 0.2) is 0 Å². The standard InChI is InChI=1S/C15H17N3OS/c1-18(11-5-10-16)15(19)9-4-8-14-17-12-6-2-3-7-13(12)20-14/h2-3,6-7H,4-5,8-9,11H2,1H3. The van der Waals surface area contributed by atoms with Crippen molar-refractivity contribution in [3.63, 3.8) is 0 Å². The van der Waals surface area contributed by atoms with Crippen molar-refractivity contribution in [3.05, 3.63) is 29.3 Å². The van der Waals surface area contributed by atoms with Gasteiger partial charge in [-0.1, -0.05) is 12.1 Å². The first-order chi connectivity index (χ1) is 9.70. The van der Waals surface area contributed by atoms with E-state index in [0.717, 1.165) is 23.4 Å². The van der Waals surface area contributed by atoms with Crippen LogP contribution in [0.3, 0.4) is 0 Å². The zero-order valence-electron chi connectivity index (χ0n) is 11.5. The maximum absolute atomic E-state index is 11.8. The number of carbonyl (C=O) groups is 1. The van der Waals surface area contributed by atoms with E-state index >= 15 is 0 Å². The van der Waals surface area contributed by atoms with Crippen LogP contribution >= 0.6 is 11.3 Å². The molecule has 1 aromatic heterocycles. The Bertz CT molecular complexity index is 596. The van der Waals surface area contributed by atoms with Gasteiger partial charge >= 0.3 is 0 Å². The molecule has 0 atom stereocenters. The van der Waals surface area contributed by atoms with Crippen LogP contribution in [0.25, 0.3) is 10.2 Å². The molecular weight excluding hydrogens is 270 g/mol. The number of thiazole rings is 1. The number of aromatic nitrogens is 1. The van der Waals surface area contributed by atoms with Crippen molar-refractivity contribution in [1.82, 2.24) is 9.88 Å². The minimum atomic E-state index is 0.0985. The summed E-state index contributed by atoms with van der Waals surface area (Å²) in [5.74, 6) is 0.0985. The van der Waals surface area contributed by atoms with Crippen molar-refractivity contribution >= 4 is 27.5 Å². The number of carbonyl (C=O) groups excluding carboxylic acids is 1. The second-order valence-electron chi connectivity index (χ2n) is 4.65. The summed E-state index contributed by atoms with van der Waals surface area (Å²) >= 11 is 1.69. The fourth-order valence-corrected chi connectivity index (χ4v) is 2.96. The number of rotatable bonds is 6. The number of para-hydroxylation sites is 1. The Morgan fingerprint density at radius 1 is 1.45 bits per heavy atom. The van der Waals surface area contributed by atoms with Crippen molar-refractivity contribution in [2.75, 3.05) is 13.6 Å². The van der Waals surface area contributed by atoms with E-state index in [1.54, 1.807) is 23.3 Å². The van der Waals surface area contributed by atoms with Crippen LogP contribution in [0, 0.1) is 11.3 Å². The molecule has 0 bridgehead atoms. The third-order valence-corrected chi connectivity index (χ3v) is 4.20. The Kier molecular flexibility index (Phi) is 5.08. The Hall–Kier alpha value is -1.93. The van der Waals surface area contributed by atoms with Gasteiger partial charge in [0.25, 0.3) is 0 Å². The average Bonchev–Trinajstić information content (AvgIpc) is 2.87. The molecule has 1 heterocycles. The first kappa shape index (κ1) is 14.5. The molecular formula is C15H17N3OS. The molecule has 20 heavy (non-hydrogen) atoms. The number of benzene rings is 1. The predicted octanol–water partition coefficient (Wildman–Crippen LogP) is 2.99. The van der Waals surface area contributed by atoms with Crippen molar-refractivity contribution in [1.29, 1.82) is 5.26 Å². The highest BCUT2D eigenvalue weighted by Crippen LogP contribution is 2.22. The molecule has 0 aliphatic heterocycles. The largest absolute Gasteiger partial charge is 0.345 e. The minimum absolute atomic E-state index is 0.0985. The van der Waals surface area contributed by atoms with Crippen molar-refractivity contribution < 1.29 is 4.79 Å². The van der Waals surface area contributed by atoms with Gasteiger partial charge in [-0.25, -0.2) is 4.98 Å². The summed E-state index contributed by atoms with van der Waals surface area (Å²) < 4.78 is 1.19. The van der Waals surface area contributed by atoms with Gasteiger partial charge < -0.3 is 4.90 Å². The fraction of sp³-hybridized carbons (Fsp3) is 0.400. The second kappa shape index (κ2) is 7.01. The number of fused-ring (bicyclic) bond motifs is 1. The Labute approximate surface area is 122 Å².